The van der Waals surface area contributed by atoms with E-state index in [9.17, 15) is 4.79 Å². The first-order valence-electron chi connectivity index (χ1n) is 8.60. The molecule has 27 heavy (non-hydrogen) atoms. The number of ether oxygens (including phenoxy) is 7. The zero-order chi connectivity index (χ0) is 19.8. The van der Waals surface area contributed by atoms with Gasteiger partial charge in [0, 0.05) is 11.5 Å². The highest BCUT2D eigenvalue weighted by molar-refractivity contribution is 5.56. The number of hydrogen-bond acceptors (Lipinski definition) is 9. The lowest BCUT2D eigenvalue weighted by Gasteiger charge is -2.08. The van der Waals surface area contributed by atoms with Crippen LogP contribution in [0, 0.1) is 0 Å². The van der Waals surface area contributed by atoms with Crippen molar-refractivity contribution >= 4 is 6.16 Å². The van der Waals surface area contributed by atoms with Gasteiger partial charge in [-0.25, -0.2) is 4.79 Å². The largest absolute Gasteiger partial charge is 0.505 e. The fourth-order valence-electron chi connectivity index (χ4n) is 1.54. The molecule has 0 fully saturated rings. The Balaban J connectivity index is 3.01. The number of carbonyl (C=O) groups is 1. The van der Waals surface area contributed by atoms with E-state index in [4.69, 9.17) is 39.1 Å². The molecule has 0 aromatic carbocycles. The quantitative estimate of drug-likeness (QED) is 0.0989. The van der Waals surface area contributed by atoms with Crippen LogP contribution in [0.25, 0.3) is 10.4 Å². The SMILES string of the molecule is [N-]=[N+]=NCCOCCOCCOCCOCCOCCOCCOC(=O)O. The molecular formula is C15H29N3O9. The predicted octanol–water partition coefficient (Wildman–Crippen LogP) is 1.09. The molecular weight excluding hydrogens is 366 g/mol. The molecule has 0 aliphatic carbocycles. The first-order valence-corrected chi connectivity index (χ1v) is 8.60. The van der Waals surface area contributed by atoms with Gasteiger partial charge in [-0.2, -0.15) is 0 Å². The highest BCUT2D eigenvalue weighted by atomic mass is 16.7. The molecule has 12 heteroatoms. The van der Waals surface area contributed by atoms with E-state index in [-0.39, 0.29) is 13.2 Å². The van der Waals surface area contributed by atoms with Crippen LogP contribution in [-0.4, -0.2) is 104 Å². The summed E-state index contributed by atoms with van der Waals surface area (Å²) in [6, 6.07) is 0. The number of carboxylic acid groups (broad SMARTS) is 1. The van der Waals surface area contributed by atoms with Crippen molar-refractivity contribution in [3.8, 4) is 0 Å². The Hall–Kier alpha value is -1.66. The molecule has 0 aromatic heterocycles. The minimum atomic E-state index is -1.31. The minimum Gasteiger partial charge on any atom is -0.450 e. The van der Waals surface area contributed by atoms with Crippen LogP contribution in [0.5, 0.6) is 0 Å². The summed E-state index contributed by atoms with van der Waals surface area (Å²) >= 11 is 0. The van der Waals surface area contributed by atoms with Gasteiger partial charge in [0.1, 0.15) is 6.61 Å². The second kappa shape index (κ2) is 22.4. The molecule has 0 aliphatic rings. The van der Waals surface area contributed by atoms with Crippen LogP contribution in [0.15, 0.2) is 5.11 Å². The normalized spacial score (nSPS) is 10.5. The van der Waals surface area contributed by atoms with Gasteiger partial charge in [-0.3, -0.25) is 0 Å². The molecule has 0 atom stereocenters. The van der Waals surface area contributed by atoms with Crippen molar-refractivity contribution in [1.29, 1.82) is 0 Å². The van der Waals surface area contributed by atoms with Crippen molar-refractivity contribution in [3.05, 3.63) is 10.4 Å². The molecule has 0 spiro atoms. The van der Waals surface area contributed by atoms with E-state index in [1.807, 2.05) is 0 Å². The Morgan fingerprint density at radius 1 is 0.667 bits per heavy atom. The van der Waals surface area contributed by atoms with Crippen LogP contribution in [-0.2, 0) is 33.2 Å². The average Bonchev–Trinajstić information content (AvgIpc) is 2.65. The second-order valence-electron chi connectivity index (χ2n) is 4.74. The Morgan fingerprint density at radius 2 is 1.00 bits per heavy atom. The second-order valence-corrected chi connectivity index (χ2v) is 4.74. The van der Waals surface area contributed by atoms with Gasteiger partial charge >= 0.3 is 6.16 Å². The highest BCUT2D eigenvalue weighted by Gasteiger charge is 1.96. The lowest BCUT2D eigenvalue weighted by Crippen LogP contribution is -2.15. The zero-order valence-corrected chi connectivity index (χ0v) is 15.5. The summed E-state index contributed by atoms with van der Waals surface area (Å²) in [5.41, 5.74) is 8.07. The molecule has 0 saturated heterocycles. The molecule has 12 nitrogen and oxygen atoms in total. The maximum absolute atomic E-state index is 10.1. The number of hydrogen-bond donors (Lipinski definition) is 1. The van der Waals surface area contributed by atoms with Crippen LogP contribution in [0.3, 0.4) is 0 Å². The smallest absolute Gasteiger partial charge is 0.450 e. The minimum absolute atomic E-state index is 0.0101. The van der Waals surface area contributed by atoms with Gasteiger partial charge in [0.25, 0.3) is 0 Å². The summed E-state index contributed by atoms with van der Waals surface area (Å²) in [4.78, 5) is 12.7. The average molecular weight is 395 g/mol. The molecule has 0 unspecified atom stereocenters. The van der Waals surface area contributed by atoms with Gasteiger partial charge in [-0.05, 0) is 5.53 Å². The molecule has 0 radical (unpaired) electrons. The third-order valence-electron chi connectivity index (χ3n) is 2.71. The predicted molar refractivity (Wildman–Crippen MR) is 92.9 cm³/mol. The summed E-state index contributed by atoms with van der Waals surface area (Å²) in [6.07, 6.45) is -1.31. The topological polar surface area (TPSA) is 151 Å². The van der Waals surface area contributed by atoms with Crippen molar-refractivity contribution in [2.75, 3.05) is 92.4 Å². The van der Waals surface area contributed by atoms with E-state index in [1.54, 1.807) is 0 Å². The molecule has 0 aliphatic heterocycles. The highest BCUT2D eigenvalue weighted by Crippen LogP contribution is 1.85. The van der Waals surface area contributed by atoms with Crippen LogP contribution in [0.2, 0.25) is 0 Å². The Bertz CT molecular complexity index is 362. The molecule has 0 saturated carbocycles. The van der Waals surface area contributed by atoms with Crippen molar-refractivity contribution < 1.29 is 43.1 Å². The van der Waals surface area contributed by atoms with Crippen molar-refractivity contribution in [1.82, 2.24) is 0 Å². The van der Waals surface area contributed by atoms with E-state index in [2.05, 4.69) is 14.8 Å². The van der Waals surface area contributed by atoms with E-state index in [1.165, 1.54) is 0 Å². The monoisotopic (exact) mass is 395 g/mol. The molecule has 158 valence electrons. The molecule has 0 aromatic rings. The van der Waals surface area contributed by atoms with Crippen molar-refractivity contribution in [3.63, 3.8) is 0 Å². The molecule has 0 bridgehead atoms. The number of rotatable bonds is 21. The van der Waals surface area contributed by atoms with Crippen molar-refractivity contribution in [2.24, 2.45) is 5.11 Å². The standard InChI is InChI=1S/C15H29N3O9/c16-18-17-1-2-21-3-4-22-5-6-23-7-8-24-9-10-25-11-12-26-13-14-27-15(19)20/h1-14H2,(H,19,20). The Labute approximate surface area is 158 Å². The third kappa shape index (κ3) is 24.3. The first-order chi connectivity index (χ1) is 13.3. The van der Waals surface area contributed by atoms with Gasteiger partial charge in [0.2, 0.25) is 0 Å². The molecule has 0 rings (SSSR count). The fraction of sp³-hybridized carbons (Fsp3) is 0.933. The van der Waals surface area contributed by atoms with E-state index >= 15 is 0 Å². The van der Waals surface area contributed by atoms with Crippen LogP contribution in [0.4, 0.5) is 4.79 Å². The lowest BCUT2D eigenvalue weighted by molar-refractivity contribution is -0.0191. The lowest BCUT2D eigenvalue weighted by atomic mass is 10.6. The summed E-state index contributed by atoms with van der Waals surface area (Å²) in [5, 5.41) is 11.6. The first kappa shape index (κ1) is 25.3. The van der Waals surface area contributed by atoms with E-state index in [0.717, 1.165) is 0 Å². The van der Waals surface area contributed by atoms with Gasteiger partial charge in [-0.1, -0.05) is 5.11 Å². The molecule has 0 amide bonds. The number of nitrogens with zero attached hydrogens (tertiary/aromatic N) is 3. The fourth-order valence-corrected chi connectivity index (χ4v) is 1.54. The summed E-state index contributed by atoms with van der Waals surface area (Å²) in [6.45, 7) is 5.39. The van der Waals surface area contributed by atoms with E-state index < -0.39 is 6.16 Å². The van der Waals surface area contributed by atoms with Gasteiger partial charge in [0.15, 0.2) is 0 Å². The van der Waals surface area contributed by atoms with Crippen molar-refractivity contribution in [2.45, 2.75) is 0 Å². The molecule has 1 N–H and O–H groups in total. The Morgan fingerprint density at radius 3 is 1.33 bits per heavy atom. The summed E-state index contributed by atoms with van der Waals surface area (Å²) in [7, 11) is 0. The maximum atomic E-state index is 10.1. The maximum Gasteiger partial charge on any atom is 0.505 e. The molecule has 0 heterocycles. The summed E-state index contributed by atoms with van der Waals surface area (Å²) < 4.78 is 35.8. The van der Waals surface area contributed by atoms with Crippen LogP contribution in [0.1, 0.15) is 0 Å². The summed E-state index contributed by atoms with van der Waals surface area (Å²) in [5.74, 6) is 0. The van der Waals surface area contributed by atoms with Gasteiger partial charge in [0.05, 0.1) is 79.3 Å². The van der Waals surface area contributed by atoms with E-state index in [0.29, 0.717) is 79.2 Å². The third-order valence-corrected chi connectivity index (χ3v) is 2.71. The van der Waals surface area contributed by atoms with Crippen LogP contribution < -0.4 is 0 Å². The Kier molecular flexibility index (Phi) is 21.0. The van der Waals surface area contributed by atoms with Gasteiger partial charge < -0.3 is 38.3 Å². The zero-order valence-electron chi connectivity index (χ0n) is 15.5. The number of azide groups is 1. The van der Waals surface area contributed by atoms with Gasteiger partial charge in [-0.15, -0.1) is 0 Å². The van der Waals surface area contributed by atoms with Crippen LogP contribution >= 0.6 is 0 Å².